The Labute approximate surface area is 185 Å². The lowest BCUT2D eigenvalue weighted by molar-refractivity contribution is 0.108. The summed E-state index contributed by atoms with van der Waals surface area (Å²) in [5, 5.41) is 16.2. The van der Waals surface area contributed by atoms with Crippen molar-refractivity contribution in [2.24, 2.45) is 0 Å². The largest absolute Gasteiger partial charge is 0.395 e. The molecule has 0 atom stereocenters. The first kappa shape index (κ1) is 20.6. The molecule has 1 aliphatic rings. The average Bonchev–Trinajstić information content (AvgIpc) is 3.40. The fourth-order valence-corrected chi connectivity index (χ4v) is 3.95. The maximum Gasteiger partial charge on any atom is 0.257 e. The summed E-state index contributed by atoms with van der Waals surface area (Å²) in [6.45, 7) is 7.61. The van der Waals surface area contributed by atoms with Crippen LogP contribution < -0.4 is 5.32 Å². The van der Waals surface area contributed by atoms with Crippen molar-refractivity contribution in [3.8, 4) is 11.5 Å². The van der Waals surface area contributed by atoms with E-state index in [9.17, 15) is 0 Å². The molecule has 5 rings (SSSR count). The second-order valence-electron chi connectivity index (χ2n) is 7.98. The number of benzene rings is 1. The topological polar surface area (TPSA) is 119 Å². The first-order chi connectivity index (χ1) is 15.7. The first-order valence-electron chi connectivity index (χ1n) is 10.7. The molecular formula is C22H26N8O2. The van der Waals surface area contributed by atoms with Gasteiger partial charge in [0.1, 0.15) is 5.82 Å². The molecule has 4 aromatic rings. The summed E-state index contributed by atoms with van der Waals surface area (Å²) in [6.07, 6.45) is 1.82. The van der Waals surface area contributed by atoms with Crippen LogP contribution in [-0.2, 0) is 6.54 Å². The summed E-state index contributed by atoms with van der Waals surface area (Å²) in [7, 11) is 0. The van der Waals surface area contributed by atoms with Gasteiger partial charge < -0.3 is 19.9 Å². The van der Waals surface area contributed by atoms with Gasteiger partial charge in [-0.3, -0.25) is 9.80 Å². The van der Waals surface area contributed by atoms with Crippen LogP contribution in [0.15, 0.2) is 41.1 Å². The number of aromatic amines is 1. The third-order valence-electron chi connectivity index (χ3n) is 5.61. The van der Waals surface area contributed by atoms with Crippen LogP contribution >= 0.6 is 0 Å². The maximum absolute atomic E-state index is 9.10. The highest BCUT2D eigenvalue weighted by molar-refractivity contribution is 5.82. The Morgan fingerprint density at radius 2 is 1.94 bits per heavy atom. The molecule has 3 aromatic heterocycles. The fourth-order valence-electron chi connectivity index (χ4n) is 3.95. The number of hydrogen-bond donors (Lipinski definition) is 3. The van der Waals surface area contributed by atoms with Crippen molar-refractivity contribution < 1.29 is 9.63 Å². The highest BCUT2D eigenvalue weighted by Crippen LogP contribution is 2.24. The van der Waals surface area contributed by atoms with Crippen molar-refractivity contribution in [1.82, 2.24) is 34.9 Å². The molecule has 1 saturated heterocycles. The van der Waals surface area contributed by atoms with E-state index in [2.05, 4.69) is 46.3 Å². The summed E-state index contributed by atoms with van der Waals surface area (Å²) in [6, 6.07) is 9.88. The van der Waals surface area contributed by atoms with Gasteiger partial charge in [-0.1, -0.05) is 5.16 Å². The fraction of sp³-hybridized carbons (Fsp3) is 0.364. The number of aryl methyl sites for hydroxylation is 1. The summed E-state index contributed by atoms with van der Waals surface area (Å²) in [4.78, 5) is 21.3. The Bertz CT molecular complexity index is 1200. The molecule has 32 heavy (non-hydrogen) atoms. The molecule has 4 heterocycles. The summed E-state index contributed by atoms with van der Waals surface area (Å²) >= 11 is 0. The molecule has 1 fully saturated rings. The van der Waals surface area contributed by atoms with Gasteiger partial charge in [-0.25, -0.2) is 9.97 Å². The van der Waals surface area contributed by atoms with E-state index in [-0.39, 0.29) is 6.61 Å². The standard InChI is InChI=1S/C22H26N8O2/c1-15-24-21(32-28-15)17-2-3-18-19(13-17)26-22(25-18)27-20-12-16(4-5-23-20)14-30-8-6-29(7-9-30)10-11-31/h2-5,12-13,31H,6-11,14H2,1H3,(H2,23,25,26,27). The molecule has 0 unspecified atom stereocenters. The van der Waals surface area contributed by atoms with Crippen molar-refractivity contribution in [3.63, 3.8) is 0 Å². The van der Waals surface area contributed by atoms with Crippen LogP contribution in [0.25, 0.3) is 22.5 Å². The average molecular weight is 435 g/mol. The molecule has 3 N–H and O–H groups in total. The number of imidazole rings is 1. The predicted molar refractivity (Wildman–Crippen MR) is 120 cm³/mol. The van der Waals surface area contributed by atoms with Crippen LogP contribution in [0.3, 0.4) is 0 Å². The quantitative estimate of drug-likeness (QED) is 0.402. The number of aromatic nitrogens is 5. The molecule has 0 bridgehead atoms. The number of aliphatic hydroxyl groups is 1. The molecule has 0 spiro atoms. The van der Waals surface area contributed by atoms with E-state index in [0.717, 1.165) is 61.7 Å². The summed E-state index contributed by atoms with van der Waals surface area (Å²) in [5.74, 6) is 2.46. The number of hydrogen-bond acceptors (Lipinski definition) is 9. The lowest BCUT2D eigenvalue weighted by Crippen LogP contribution is -2.46. The highest BCUT2D eigenvalue weighted by atomic mass is 16.5. The van der Waals surface area contributed by atoms with Crippen LogP contribution in [0.2, 0.25) is 0 Å². The second-order valence-corrected chi connectivity index (χ2v) is 7.98. The van der Waals surface area contributed by atoms with E-state index in [1.807, 2.05) is 30.5 Å². The van der Waals surface area contributed by atoms with Gasteiger partial charge in [0, 0.05) is 51.0 Å². The number of H-pyrrole nitrogens is 1. The van der Waals surface area contributed by atoms with Gasteiger partial charge in [0.05, 0.1) is 17.6 Å². The lowest BCUT2D eigenvalue weighted by Gasteiger charge is -2.34. The number of β-amino-alcohol motifs (C(OH)–C–C–N with tert-alkyl or cyclic N) is 1. The Hall–Kier alpha value is -3.34. The summed E-state index contributed by atoms with van der Waals surface area (Å²) in [5.41, 5.74) is 3.75. The molecule has 10 heteroatoms. The molecule has 1 aliphatic heterocycles. The van der Waals surface area contributed by atoms with Crippen molar-refractivity contribution in [3.05, 3.63) is 47.9 Å². The summed E-state index contributed by atoms with van der Waals surface area (Å²) < 4.78 is 5.26. The number of pyridine rings is 1. The van der Waals surface area contributed by atoms with Crippen LogP contribution in [0.4, 0.5) is 11.8 Å². The normalized spacial score (nSPS) is 15.4. The second kappa shape index (κ2) is 9.03. The monoisotopic (exact) mass is 434 g/mol. The van der Waals surface area contributed by atoms with Crippen molar-refractivity contribution in [2.75, 3.05) is 44.6 Å². The van der Waals surface area contributed by atoms with Crippen LogP contribution in [0.5, 0.6) is 0 Å². The smallest absolute Gasteiger partial charge is 0.257 e. The van der Waals surface area contributed by atoms with E-state index in [4.69, 9.17) is 9.63 Å². The molecule has 0 aliphatic carbocycles. The van der Waals surface area contributed by atoms with Crippen molar-refractivity contribution in [1.29, 1.82) is 0 Å². The van der Waals surface area contributed by atoms with Gasteiger partial charge in [-0.2, -0.15) is 4.98 Å². The highest BCUT2D eigenvalue weighted by Gasteiger charge is 2.16. The zero-order chi connectivity index (χ0) is 21.9. The Morgan fingerprint density at radius 3 is 2.72 bits per heavy atom. The molecular weight excluding hydrogens is 408 g/mol. The van der Waals surface area contributed by atoms with Crippen LogP contribution in [-0.4, -0.2) is 79.3 Å². The number of nitrogens with one attached hydrogen (secondary N) is 2. The Balaban J connectivity index is 1.26. The van der Waals surface area contributed by atoms with Crippen molar-refractivity contribution in [2.45, 2.75) is 13.5 Å². The van der Waals surface area contributed by atoms with E-state index in [1.54, 1.807) is 6.92 Å². The number of anilines is 2. The molecule has 0 radical (unpaired) electrons. The molecule has 0 amide bonds. The first-order valence-corrected chi connectivity index (χ1v) is 10.7. The van der Waals surface area contributed by atoms with E-state index in [1.165, 1.54) is 5.56 Å². The lowest BCUT2D eigenvalue weighted by atomic mass is 10.2. The van der Waals surface area contributed by atoms with Gasteiger partial charge in [-0.15, -0.1) is 0 Å². The van der Waals surface area contributed by atoms with Crippen LogP contribution in [0.1, 0.15) is 11.4 Å². The van der Waals surface area contributed by atoms with Gasteiger partial charge in [0.25, 0.3) is 5.89 Å². The van der Waals surface area contributed by atoms with Gasteiger partial charge in [-0.05, 0) is 42.8 Å². The molecule has 1 aromatic carbocycles. The number of aliphatic hydroxyl groups excluding tert-OH is 1. The predicted octanol–water partition coefficient (Wildman–Crippen LogP) is 2.17. The number of nitrogens with zero attached hydrogens (tertiary/aromatic N) is 6. The van der Waals surface area contributed by atoms with Crippen molar-refractivity contribution >= 4 is 22.8 Å². The Morgan fingerprint density at radius 1 is 1.09 bits per heavy atom. The minimum absolute atomic E-state index is 0.221. The van der Waals surface area contributed by atoms with Gasteiger partial charge in [0.2, 0.25) is 5.95 Å². The zero-order valence-corrected chi connectivity index (χ0v) is 18.0. The number of fused-ring (bicyclic) bond motifs is 1. The van der Waals surface area contributed by atoms with Crippen LogP contribution in [0, 0.1) is 6.92 Å². The third kappa shape index (κ3) is 4.62. The zero-order valence-electron chi connectivity index (χ0n) is 18.0. The molecule has 166 valence electrons. The van der Waals surface area contributed by atoms with E-state index >= 15 is 0 Å². The molecule has 10 nitrogen and oxygen atoms in total. The minimum Gasteiger partial charge on any atom is -0.395 e. The van der Waals surface area contributed by atoms with Gasteiger partial charge in [0.15, 0.2) is 5.82 Å². The third-order valence-corrected chi connectivity index (χ3v) is 5.61. The van der Waals surface area contributed by atoms with Gasteiger partial charge >= 0.3 is 0 Å². The Kier molecular flexibility index (Phi) is 5.80. The molecule has 0 saturated carbocycles. The number of rotatable bonds is 7. The van der Waals surface area contributed by atoms with E-state index in [0.29, 0.717) is 17.7 Å². The number of piperazine rings is 1. The minimum atomic E-state index is 0.221. The maximum atomic E-state index is 9.10. The SMILES string of the molecule is Cc1noc(-c2ccc3nc(Nc4cc(CN5CCN(CCO)CC5)ccn4)[nH]c3c2)n1. The van der Waals surface area contributed by atoms with E-state index < -0.39 is 0 Å².